The summed E-state index contributed by atoms with van der Waals surface area (Å²) in [5.74, 6) is 0.156. The van der Waals surface area contributed by atoms with Gasteiger partial charge in [-0.25, -0.2) is 0 Å². The third-order valence-corrected chi connectivity index (χ3v) is 3.36. The van der Waals surface area contributed by atoms with Crippen molar-refractivity contribution >= 4 is 39.9 Å². The third-order valence-electron chi connectivity index (χ3n) is 2.34. The lowest BCUT2D eigenvalue weighted by Crippen LogP contribution is -2.21. The van der Waals surface area contributed by atoms with Crippen LogP contribution >= 0.6 is 24.0 Å². The average molecular weight is 300 g/mol. The molecule has 0 radical (unpaired) electrons. The van der Waals surface area contributed by atoms with Gasteiger partial charge >= 0.3 is 0 Å². The molecule has 0 saturated carbocycles. The van der Waals surface area contributed by atoms with Crippen molar-refractivity contribution in [3.63, 3.8) is 0 Å². The van der Waals surface area contributed by atoms with E-state index in [-0.39, 0.29) is 16.0 Å². The van der Waals surface area contributed by atoms with E-state index in [0.717, 1.165) is 11.8 Å². The predicted molar refractivity (Wildman–Crippen MR) is 81.0 cm³/mol. The van der Waals surface area contributed by atoms with Crippen LogP contribution in [-0.2, 0) is 4.79 Å². The topological polar surface area (TPSA) is 95.6 Å². The number of aliphatic hydroxyl groups excluding tert-OH is 2. The largest absolute Gasteiger partial charge is 0.389 e. The van der Waals surface area contributed by atoms with Crippen molar-refractivity contribution in [2.45, 2.75) is 19.1 Å². The summed E-state index contributed by atoms with van der Waals surface area (Å²) < 4.78 is 0. The van der Waals surface area contributed by atoms with E-state index in [1.54, 1.807) is 24.3 Å². The maximum absolute atomic E-state index is 10.8. The van der Waals surface area contributed by atoms with Crippen LogP contribution in [0.15, 0.2) is 24.3 Å². The molecule has 1 rings (SSSR count). The number of benzene rings is 1. The molecule has 7 heteroatoms. The van der Waals surface area contributed by atoms with Crippen LogP contribution < -0.4 is 11.1 Å². The number of rotatable bonds is 5. The Balaban J connectivity index is 2.63. The highest BCUT2D eigenvalue weighted by Gasteiger charge is 2.18. The van der Waals surface area contributed by atoms with Crippen LogP contribution in [0.4, 0.5) is 5.69 Å². The van der Waals surface area contributed by atoms with Gasteiger partial charge in [0.2, 0.25) is 0 Å². The second-order valence-electron chi connectivity index (χ2n) is 3.93. The first-order valence-corrected chi connectivity index (χ1v) is 6.95. The van der Waals surface area contributed by atoms with Gasteiger partial charge in [0.25, 0.3) is 0 Å². The lowest BCUT2D eigenvalue weighted by molar-refractivity contribution is -0.109. The Morgan fingerprint density at radius 1 is 1.42 bits per heavy atom. The van der Waals surface area contributed by atoms with Crippen LogP contribution in [0, 0.1) is 0 Å². The van der Waals surface area contributed by atoms with Gasteiger partial charge in [-0.15, -0.1) is 0 Å². The van der Waals surface area contributed by atoms with Gasteiger partial charge in [0.1, 0.15) is 6.10 Å². The Kier molecular flexibility index (Phi) is 6.23. The fourth-order valence-corrected chi connectivity index (χ4v) is 2.13. The quantitative estimate of drug-likeness (QED) is 0.603. The minimum absolute atomic E-state index is 0.0951. The highest BCUT2D eigenvalue weighted by atomic mass is 32.2. The van der Waals surface area contributed by atoms with Crippen molar-refractivity contribution < 1.29 is 15.0 Å². The van der Waals surface area contributed by atoms with Crippen molar-refractivity contribution in [2.24, 2.45) is 5.73 Å². The summed E-state index contributed by atoms with van der Waals surface area (Å²) >= 11 is 5.68. The summed E-state index contributed by atoms with van der Waals surface area (Å²) in [6.45, 7) is 1.42. The van der Waals surface area contributed by atoms with Gasteiger partial charge in [0, 0.05) is 18.4 Å². The van der Waals surface area contributed by atoms with Crippen LogP contribution in [0.1, 0.15) is 18.6 Å². The van der Waals surface area contributed by atoms with Crippen LogP contribution in [0.2, 0.25) is 0 Å². The molecule has 104 valence electrons. The molecule has 0 saturated heterocycles. The highest BCUT2D eigenvalue weighted by Crippen LogP contribution is 2.21. The number of anilines is 1. The number of carbonyl (C=O) groups excluding carboxylic acids is 1. The van der Waals surface area contributed by atoms with Crippen molar-refractivity contribution in [1.29, 1.82) is 0 Å². The number of thiocarbonyl (C=S) groups is 1. The molecule has 2 atom stereocenters. The zero-order valence-electron chi connectivity index (χ0n) is 10.4. The summed E-state index contributed by atoms with van der Waals surface area (Å²) in [5.41, 5.74) is 6.60. The second-order valence-corrected chi connectivity index (χ2v) is 5.56. The monoisotopic (exact) mass is 300 g/mol. The van der Waals surface area contributed by atoms with E-state index < -0.39 is 12.2 Å². The normalized spacial score (nSPS) is 13.6. The van der Waals surface area contributed by atoms with E-state index in [0.29, 0.717) is 11.3 Å². The van der Waals surface area contributed by atoms with Crippen molar-refractivity contribution in [2.75, 3.05) is 11.1 Å². The minimum atomic E-state index is -1.04. The molecule has 0 amide bonds. The maximum Gasteiger partial charge on any atom is 0.185 e. The average Bonchev–Trinajstić information content (AvgIpc) is 2.35. The van der Waals surface area contributed by atoms with E-state index in [4.69, 9.17) is 18.0 Å². The molecule has 0 aliphatic rings. The number of hydrogen-bond acceptors (Lipinski definition) is 5. The molecule has 0 spiro atoms. The third kappa shape index (κ3) is 5.56. The molecular formula is C12H16N2O3S2. The van der Waals surface area contributed by atoms with E-state index in [1.165, 1.54) is 6.92 Å². The summed E-state index contributed by atoms with van der Waals surface area (Å²) in [6, 6.07) is 6.71. The minimum Gasteiger partial charge on any atom is -0.389 e. The number of hydrogen-bond donors (Lipinski definition) is 4. The smallest absolute Gasteiger partial charge is 0.185 e. The standard InChI is InChI=1S/C12H16N2O3S2/c1-7(15)19-6-10(16)11(17)8-2-4-9(5-3-8)14-12(13)18/h2-5,10-11,16-17H,6H2,1H3,(H3,13,14,18). The SMILES string of the molecule is CC(=O)SCC(O)C(O)c1ccc(NC(N)=S)cc1. The second kappa shape index (κ2) is 7.44. The molecule has 0 bridgehead atoms. The molecule has 5 nitrogen and oxygen atoms in total. The van der Waals surface area contributed by atoms with E-state index in [2.05, 4.69) is 5.32 Å². The van der Waals surface area contributed by atoms with Gasteiger partial charge in [-0.1, -0.05) is 23.9 Å². The molecule has 0 aliphatic carbocycles. The lowest BCUT2D eigenvalue weighted by atomic mass is 10.1. The van der Waals surface area contributed by atoms with E-state index in [1.807, 2.05) is 0 Å². The van der Waals surface area contributed by atoms with Gasteiger partial charge in [0.05, 0.1) is 6.10 Å². The molecule has 0 aliphatic heterocycles. The summed E-state index contributed by atoms with van der Waals surface area (Å²) in [6.07, 6.45) is -2.03. The zero-order chi connectivity index (χ0) is 14.4. The summed E-state index contributed by atoms with van der Waals surface area (Å²) in [5, 5.41) is 22.5. The van der Waals surface area contributed by atoms with Crippen LogP contribution in [0.5, 0.6) is 0 Å². The molecule has 5 N–H and O–H groups in total. The predicted octanol–water partition coefficient (Wildman–Crippen LogP) is 1.02. The molecule has 0 fully saturated rings. The van der Waals surface area contributed by atoms with Gasteiger partial charge in [-0.2, -0.15) is 0 Å². The first-order valence-electron chi connectivity index (χ1n) is 5.56. The number of nitrogens with one attached hydrogen (secondary N) is 1. The molecule has 0 heterocycles. The molecule has 2 unspecified atom stereocenters. The Hall–Kier alpha value is -1.15. The molecule has 0 aromatic heterocycles. The van der Waals surface area contributed by atoms with Crippen molar-refractivity contribution in [1.82, 2.24) is 0 Å². The number of nitrogens with two attached hydrogens (primary N) is 1. The van der Waals surface area contributed by atoms with Crippen LogP contribution in [-0.4, -0.2) is 32.3 Å². The van der Waals surface area contributed by atoms with Crippen LogP contribution in [0.3, 0.4) is 0 Å². The fraction of sp³-hybridized carbons (Fsp3) is 0.333. The fourth-order valence-electron chi connectivity index (χ4n) is 1.42. The molecule has 1 aromatic rings. The van der Waals surface area contributed by atoms with E-state index in [9.17, 15) is 15.0 Å². The van der Waals surface area contributed by atoms with Gasteiger partial charge < -0.3 is 21.3 Å². The molecule has 19 heavy (non-hydrogen) atoms. The van der Waals surface area contributed by atoms with Gasteiger partial charge in [0.15, 0.2) is 10.2 Å². The van der Waals surface area contributed by atoms with Gasteiger partial charge in [-0.3, -0.25) is 4.79 Å². The Bertz CT molecular complexity index is 451. The first kappa shape index (κ1) is 15.9. The van der Waals surface area contributed by atoms with Gasteiger partial charge in [-0.05, 0) is 29.9 Å². The summed E-state index contributed by atoms with van der Waals surface area (Å²) in [4.78, 5) is 10.8. The first-order chi connectivity index (χ1) is 8.90. The summed E-state index contributed by atoms with van der Waals surface area (Å²) in [7, 11) is 0. The number of aliphatic hydroxyl groups is 2. The molecular weight excluding hydrogens is 284 g/mol. The Labute approximate surface area is 121 Å². The van der Waals surface area contributed by atoms with Crippen molar-refractivity contribution in [3.8, 4) is 0 Å². The van der Waals surface area contributed by atoms with E-state index >= 15 is 0 Å². The number of carbonyl (C=O) groups is 1. The highest BCUT2D eigenvalue weighted by molar-refractivity contribution is 8.13. The maximum atomic E-state index is 10.8. The van der Waals surface area contributed by atoms with Crippen molar-refractivity contribution in [3.05, 3.63) is 29.8 Å². The van der Waals surface area contributed by atoms with Crippen LogP contribution in [0.25, 0.3) is 0 Å². The molecule has 1 aromatic carbocycles. The zero-order valence-corrected chi connectivity index (χ0v) is 12.0. The lowest BCUT2D eigenvalue weighted by Gasteiger charge is -2.17. The Morgan fingerprint density at radius 2 is 2.00 bits per heavy atom. The Morgan fingerprint density at radius 3 is 2.47 bits per heavy atom. The number of thioether (sulfide) groups is 1.